The fourth-order valence-electron chi connectivity index (χ4n) is 4.55. The predicted molar refractivity (Wildman–Crippen MR) is 136 cm³/mol. The number of carbonyl (C=O) groups is 1. The van der Waals surface area contributed by atoms with Crippen LogP contribution in [0.3, 0.4) is 0 Å². The fourth-order valence-corrected chi connectivity index (χ4v) is 4.55. The topological polar surface area (TPSA) is 100 Å². The van der Waals surface area contributed by atoms with Crippen LogP contribution in [-0.4, -0.2) is 31.2 Å². The summed E-state index contributed by atoms with van der Waals surface area (Å²) in [5.74, 6) is 2.09. The van der Waals surface area contributed by atoms with Crippen LogP contribution in [0.15, 0.2) is 36.4 Å². The van der Waals surface area contributed by atoms with Crippen molar-refractivity contribution in [3.05, 3.63) is 47.5 Å². The lowest BCUT2D eigenvalue weighted by molar-refractivity contribution is -0.139. The van der Waals surface area contributed by atoms with E-state index < -0.39 is 11.9 Å². The number of fused-ring (bicyclic) bond motifs is 2. The average molecular weight is 486 g/mol. The van der Waals surface area contributed by atoms with Crippen molar-refractivity contribution in [2.45, 2.75) is 77.0 Å². The van der Waals surface area contributed by atoms with Gasteiger partial charge >= 0.3 is 5.97 Å². The Hall–Kier alpha value is -2.93. The maximum atomic E-state index is 11.4. The maximum absolute atomic E-state index is 11.4. The summed E-state index contributed by atoms with van der Waals surface area (Å²) >= 11 is 0. The highest BCUT2D eigenvalue weighted by atomic mass is 16.7. The minimum absolute atomic E-state index is 0.174. The van der Waals surface area contributed by atoms with Gasteiger partial charge in [-0.2, -0.15) is 0 Å². The Morgan fingerprint density at radius 2 is 1.37 bits per heavy atom. The Balaban J connectivity index is 0.000000196. The number of ether oxygens (including phenoxy) is 4. The highest BCUT2D eigenvalue weighted by Crippen LogP contribution is 2.41. The Morgan fingerprint density at radius 1 is 0.829 bits per heavy atom. The predicted octanol–water partition coefficient (Wildman–Crippen LogP) is 6.20. The average Bonchev–Trinajstić information content (AvgIpc) is 3.54. The quantitative estimate of drug-likeness (QED) is 0.345. The van der Waals surface area contributed by atoms with Crippen molar-refractivity contribution >= 4 is 5.97 Å². The van der Waals surface area contributed by atoms with Crippen LogP contribution in [0.5, 0.6) is 23.0 Å². The summed E-state index contributed by atoms with van der Waals surface area (Å²) in [7, 11) is 0. The smallest absolute Gasteiger partial charge is 0.311 e. The number of nitrogens with two attached hydrogens (primary N) is 1. The molecule has 2 aliphatic rings. The lowest BCUT2D eigenvalue weighted by Crippen LogP contribution is -2.13. The van der Waals surface area contributed by atoms with Crippen molar-refractivity contribution in [3.63, 3.8) is 0 Å². The Kier molecular flexibility index (Phi) is 10.5. The number of benzene rings is 2. The first-order valence-corrected chi connectivity index (χ1v) is 12.8. The lowest BCUT2D eigenvalue weighted by atomic mass is 9.92. The monoisotopic (exact) mass is 485 g/mol. The largest absolute Gasteiger partial charge is 0.481 e. The second-order valence-electron chi connectivity index (χ2n) is 8.98. The molecule has 3 N–H and O–H groups in total. The van der Waals surface area contributed by atoms with Gasteiger partial charge in [0.05, 0.1) is 5.92 Å². The first-order valence-electron chi connectivity index (χ1n) is 12.8. The van der Waals surface area contributed by atoms with Gasteiger partial charge in [-0.05, 0) is 37.4 Å². The second-order valence-corrected chi connectivity index (χ2v) is 8.98. The van der Waals surface area contributed by atoms with Crippen molar-refractivity contribution in [3.8, 4) is 23.0 Å². The molecule has 0 amide bonds. The van der Waals surface area contributed by atoms with Crippen LogP contribution in [0.2, 0.25) is 0 Å². The van der Waals surface area contributed by atoms with Crippen LogP contribution in [0.4, 0.5) is 0 Å². The molecule has 2 aliphatic heterocycles. The molecule has 4 rings (SSSR count). The molecule has 0 saturated carbocycles. The van der Waals surface area contributed by atoms with Crippen molar-refractivity contribution in [1.29, 1.82) is 0 Å². The van der Waals surface area contributed by atoms with E-state index in [0.29, 0.717) is 37.2 Å². The molecule has 0 unspecified atom stereocenters. The first kappa shape index (κ1) is 26.7. The summed E-state index contributed by atoms with van der Waals surface area (Å²) in [4.78, 5) is 11.4. The lowest BCUT2D eigenvalue weighted by Gasteiger charge is -2.16. The molecule has 35 heavy (non-hydrogen) atoms. The van der Waals surface area contributed by atoms with E-state index in [-0.39, 0.29) is 6.79 Å². The minimum atomic E-state index is -0.796. The summed E-state index contributed by atoms with van der Waals surface area (Å²) in [5.41, 5.74) is 7.82. The summed E-state index contributed by atoms with van der Waals surface area (Å²) in [6.45, 7) is 5.50. The van der Waals surface area contributed by atoms with Gasteiger partial charge in [-0.25, -0.2) is 0 Å². The van der Waals surface area contributed by atoms with E-state index in [1.54, 1.807) is 6.07 Å². The van der Waals surface area contributed by atoms with Gasteiger partial charge in [-0.3, -0.25) is 4.79 Å². The number of rotatable bonds is 12. The van der Waals surface area contributed by atoms with Crippen molar-refractivity contribution in [1.82, 2.24) is 0 Å². The molecule has 0 spiro atoms. The van der Waals surface area contributed by atoms with E-state index in [9.17, 15) is 9.90 Å². The van der Waals surface area contributed by atoms with Crippen LogP contribution >= 0.6 is 0 Å². The summed E-state index contributed by atoms with van der Waals surface area (Å²) in [6, 6.07) is 11.5. The third kappa shape index (κ3) is 7.04. The van der Waals surface area contributed by atoms with Gasteiger partial charge < -0.3 is 29.8 Å². The molecule has 0 aromatic heterocycles. The molecule has 192 valence electrons. The molecule has 2 aromatic rings. The SMILES string of the molecule is CCCCC[C@@H](C(=O)O)c1cccc2c1OCO2.CCCCC[C@@H](CN)c1cccc2c1OCO2. The van der Waals surface area contributed by atoms with Crippen LogP contribution in [-0.2, 0) is 4.79 Å². The molecule has 0 saturated heterocycles. The van der Waals surface area contributed by atoms with Crippen molar-refractivity contribution in [2.24, 2.45) is 5.73 Å². The Bertz CT molecular complexity index is 947. The van der Waals surface area contributed by atoms with E-state index in [4.69, 9.17) is 24.7 Å². The van der Waals surface area contributed by atoms with Crippen LogP contribution in [0.1, 0.15) is 88.2 Å². The van der Waals surface area contributed by atoms with E-state index in [0.717, 1.165) is 42.7 Å². The van der Waals surface area contributed by atoms with Gasteiger partial charge in [0, 0.05) is 11.1 Å². The Labute approximate surface area is 208 Å². The maximum Gasteiger partial charge on any atom is 0.311 e. The highest BCUT2D eigenvalue weighted by molar-refractivity contribution is 5.78. The van der Waals surface area contributed by atoms with Gasteiger partial charge in [0.2, 0.25) is 13.6 Å². The second kappa shape index (κ2) is 13.8. The fraction of sp³-hybridized carbons (Fsp3) is 0.536. The molecule has 0 fully saturated rings. The zero-order valence-electron chi connectivity index (χ0n) is 21.0. The number of hydrogen-bond donors (Lipinski definition) is 2. The van der Waals surface area contributed by atoms with Gasteiger partial charge in [-0.1, -0.05) is 76.6 Å². The number of carboxylic acids is 1. The van der Waals surface area contributed by atoms with Gasteiger partial charge in [0.25, 0.3) is 0 Å². The molecular weight excluding hydrogens is 446 g/mol. The standard InChI is InChI=1S/C14H21NO2.C14H18O4/c1-2-3-4-6-11(9-15)12-7-5-8-13-14(12)17-10-16-13;1-2-3-4-6-11(14(15)16)10-7-5-8-12-13(10)18-9-17-12/h5,7-8,11H,2-4,6,9-10,15H2,1H3;5,7-8,11H,2-4,6,9H2,1H3,(H,15,16)/t2*11-/m01/s1. The highest BCUT2D eigenvalue weighted by Gasteiger charge is 2.27. The zero-order chi connectivity index (χ0) is 25.0. The molecule has 7 heteroatoms. The molecule has 0 aliphatic carbocycles. The van der Waals surface area contributed by atoms with E-state index in [1.165, 1.54) is 24.8 Å². The first-order chi connectivity index (χ1) is 17.1. The molecular formula is C28H39NO6. The number of aliphatic carboxylic acids is 1. The normalized spacial score (nSPS) is 14.7. The van der Waals surface area contributed by atoms with Crippen LogP contribution < -0.4 is 24.7 Å². The molecule has 0 bridgehead atoms. The van der Waals surface area contributed by atoms with Crippen LogP contribution in [0.25, 0.3) is 0 Å². The Morgan fingerprint density at radius 3 is 1.91 bits per heavy atom. The molecule has 7 nitrogen and oxygen atoms in total. The van der Waals surface area contributed by atoms with Crippen LogP contribution in [0, 0.1) is 0 Å². The number of hydrogen-bond acceptors (Lipinski definition) is 6. The molecule has 2 atom stereocenters. The minimum Gasteiger partial charge on any atom is -0.481 e. The zero-order valence-corrected chi connectivity index (χ0v) is 21.0. The van der Waals surface area contributed by atoms with Gasteiger partial charge in [-0.15, -0.1) is 0 Å². The van der Waals surface area contributed by atoms with Gasteiger partial charge in [0.15, 0.2) is 23.0 Å². The molecule has 0 radical (unpaired) electrons. The van der Waals surface area contributed by atoms with Crippen molar-refractivity contribution < 1.29 is 28.8 Å². The molecule has 2 heterocycles. The van der Waals surface area contributed by atoms with E-state index >= 15 is 0 Å². The number of carboxylic acid groups (broad SMARTS) is 1. The third-order valence-corrected chi connectivity index (χ3v) is 6.50. The molecule has 2 aromatic carbocycles. The van der Waals surface area contributed by atoms with E-state index in [2.05, 4.69) is 19.9 Å². The summed E-state index contributed by atoms with van der Waals surface area (Å²) < 4.78 is 21.6. The van der Waals surface area contributed by atoms with E-state index in [1.807, 2.05) is 24.3 Å². The number of para-hydroxylation sites is 2. The summed E-state index contributed by atoms with van der Waals surface area (Å²) in [6.07, 6.45) is 8.55. The number of unbranched alkanes of at least 4 members (excludes halogenated alkanes) is 4. The van der Waals surface area contributed by atoms with Crippen molar-refractivity contribution in [2.75, 3.05) is 20.1 Å². The van der Waals surface area contributed by atoms with Gasteiger partial charge in [0.1, 0.15) is 0 Å². The third-order valence-electron chi connectivity index (χ3n) is 6.50. The summed E-state index contributed by atoms with van der Waals surface area (Å²) in [5, 5.41) is 9.36.